The average Bonchev–Trinajstić information content (AvgIpc) is 3.06. The van der Waals surface area contributed by atoms with Gasteiger partial charge in [0.1, 0.15) is 17.2 Å². The number of benzene rings is 2. The Morgan fingerprint density at radius 1 is 0.870 bits per heavy atom. The van der Waals surface area contributed by atoms with Gasteiger partial charge in [-0.05, 0) is 48.5 Å². The monoisotopic (exact) mass is 373 g/mol. The summed E-state index contributed by atoms with van der Waals surface area (Å²) < 4.78 is 16.3. The molecule has 0 aliphatic heterocycles. The number of oxazole rings is 1. The van der Waals surface area contributed by atoms with Crippen LogP contribution in [0.4, 0.5) is 0 Å². The molecule has 2 aromatic carbocycles. The van der Waals surface area contributed by atoms with Crippen LogP contribution in [0.25, 0.3) is 22.6 Å². The molecule has 0 bridgehead atoms. The molecule has 3 rings (SSSR count). The second-order valence-corrected chi connectivity index (χ2v) is 5.44. The number of hydrogen-bond acceptors (Lipinski definition) is 4. The first-order valence-electron chi connectivity index (χ1n) is 7.09. The smallest absolute Gasteiger partial charge is 0.206 e. The fourth-order valence-electron chi connectivity index (χ4n) is 2.30. The third kappa shape index (κ3) is 3.24. The molecule has 0 amide bonds. The number of ether oxygens (including phenoxy) is 2. The van der Waals surface area contributed by atoms with Gasteiger partial charge in [-0.3, -0.25) is 0 Å². The van der Waals surface area contributed by atoms with Crippen LogP contribution in [0, 0.1) is 0 Å². The SMILES string of the molecule is COc1ccc(-c2nc(CBr)oc2-c2ccc(OC)cc2)cc1. The maximum atomic E-state index is 5.90. The third-order valence-corrected chi connectivity index (χ3v) is 3.98. The van der Waals surface area contributed by atoms with Crippen molar-refractivity contribution < 1.29 is 13.9 Å². The van der Waals surface area contributed by atoms with Gasteiger partial charge in [0.2, 0.25) is 5.89 Å². The Morgan fingerprint density at radius 2 is 1.39 bits per heavy atom. The summed E-state index contributed by atoms with van der Waals surface area (Å²) in [7, 11) is 3.30. The lowest BCUT2D eigenvalue weighted by Crippen LogP contribution is -1.86. The van der Waals surface area contributed by atoms with Gasteiger partial charge < -0.3 is 13.9 Å². The van der Waals surface area contributed by atoms with Crippen LogP contribution < -0.4 is 9.47 Å². The molecule has 0 radical (unpaired) electrons. The normalized spacial score (nSPS) is 10.6. The van der Waals surface area contributed by atoms with E-state index >= 15 is 0 Å². The van der Waals surface area contributed by atoms with E-state index in [-0.39, 0.29) is 0 Å². The molecule has 118 valence electrons. The van der Waals surface area contributed by atoms with Gasteiger partial charge in [-0.2, -0.15) is 0 Å². The molecule has 23 heavy (non-hydrogen) atoms. The van der Waals surface area contributed by atoms with Crippen molar-refractivity contribution >= 4 is 15.9 Å². The second-order valence-electron chi connectivity index (χ2n) is 4.88. The van der Waals surface area contributed by atoms with Gasteiger partial charge in [0.15, 0.2) is 5.76 Å². The summed E-state index contributed by atoms with van der Waals surface area (Å²) in [6.07, 6.45) is 0. The summed E-state index contributed by atoms with van der Waals surface area (Å²) >= 11 is 3.40. The molecule has 0 saturated carbocycles. The Kier molecular flexibility index (Phi) is 4.67. The van der Waals surface area contributed by atoms with Crippen molar-refractivity contribution in [2.75, 3.05) is 14.2 Å². The van der Waals surface area contributed by atoms with E-state index in [9.17, 15) is 0 Å². The molecule has 0 fully saturated rings. The highest BCUT2D eigenvalue weighted by Gasteiger charge is 2.16. The van der Waals surface area contributed by atoms with Gasteiger partial charge in [-0.15, -0.1) is 0 Å². The first kappa shape index (κ1) is 15.6. The molecule has 4 nitrogen and oxygen atoms in total. The zero-order valence-electron chi connectivity index (χ0n) is 12.9. The summed E-state index contributed by atoms with van der Waals surface area (Å²) in [5.41, 5.74) is 2.75. The quantitative estimate of drug-likeness (QED) is 0.595. The van der Waals surface area contributed by atoms with Crippen LogP contribution in [0.3, 0.4) is 0 Å². The van der Waals surface area contributed by atoms with Crippen LogP contribution >= 0.6 is 15.9 Å². The van der Waals surface area contributed by atoms with Crippen molar-refractivity contribution in [1.82, 2.24) is 4.98 Å². The highest BCUT2D eigenvalue weighted by atomic mass is 79.9. The van der Waals surface area contributed by atoms with E-state index in [0.717, 1.165) is 34.1 Å². The van der Waals surface area contributed by atoms with E-state index in [1.54, 1.807) is 14.2 Å². The number of halogens is 1. The molecule has 5 heteroatoms. The van der Waals surface area contributed by atoms with Crippen LogP contribution in [0.2, 0.25) is 0 Å². The number of hydrogen-bond donors (Lipinski definition) is 0. The van der Waals surface area contributed by atoms with Gasteiger partial charge in [0.25, 0.3) is 0 Å². The molecule has 0 aliphatic rings. The predicted molar refractivity (Wildman–Crippen MR) is 93.1 cm³/mol. The maximum Gasteiger partial charge on any atom is 0.206 e. The van der Waals surface area contributed by atoms with Crippen LogP contribution in [0.5, 0.6) is 11.5 Å². The van der Waals surface area contributed by atoms with E-state index in [1.807, 2.05) is 48.5 Å². The predicted octanol–water partition coefficient (Wildman–Crippen LogP) is 4.92. The lowest BCUT2D eigenvalue weighted by molar-refractivity contribution is 0.414. The number of aromatic nitrogens is 1. The van der Waals surface area contributed by atoms with Crippen molar-refractivity contribution in [1.29, 1.82) is 0 Å². The fourth-order valence-corrected chi connectivity index (χ4v) is 2.54. The van der Waals surface area contributed by atoms with Crippen LogP contribution in [-0.2, 0) is 5.33 Å². The summed E-state index contributed by atoms with van der Waals surface area (Å²) in [5, 5.41) is 0.562. The maximum absolute atomic E-state index is 5.90. The highest BCUT2D eigenvalue weighted by molar-refractivity contribution is 9.08. The molecule has 1 heterocycles. The van der Waals surface area contributed by atoms with E-state index in [4.69, 9.17) is 13.9 Å². The molecular formula is C18H16BrNO3. The molecule has 0 saturated heterocycles. The highest BCUT2D eigenvalue weighted by Crippen LogP contribution is 2.34. The average molecular weight is 374 g/mol. The Hall–Kier alpha value is -2.27. The standard InChI is InChI=1S/C18H16BrNO3/c1-21-14-7-3-12(4-8-14)17-18(23-16(11-19)20-17)13-5-9-15(22-2)10-6-13/h3-10H,11H2,1-2H3. The molecule has 0 atom stereocenters. The van der Waals surface area contributed by atoms with Crippen LogP contribution in [0.1, 0.15) is 5.89 Å². The van der Waals surface area contributed by atoms with Gasteiger partial charge in [0, 0.05) is 11.1 Å². The van der Waals surface area contributed by atoms with Gasteiger partial charge in [-0.1, -0.05) is 15.9 Å². The van der Waals surface area contributed by atoms with E-state index in [0.29, 0.717) is 11.2 Å². The van der Waals surface area contributed by atoms with Crippen LogP contribution in [-0.4, -0.2) is 19.2 Å². The number of methoxy groups -OCH3 is 2. The Morgan fingerprint density at radius 3 is 1.87 bits per heavy atom. The molecular weight excluding hydrogens is 358 g/mol. The summed E-state index contributed by atoms with van der Waals surface area (Å²) in [5.74, 6) is 3.00. The van der Waals surface area contributed by atoms with Crippen LogP contribution in [0.15, 0.2) is 52.9 Å². The minimum absolute atomic E-state index is 0.562. The van der Waals surface area contributed by atoms with E-state index in [1.165, 1.54) is 0 Å². The van der Waals surface area contributed by atoms with Gasteiger partial charge >= 0.3 is 0 Å². The lowest BCUT2D eigenvalue weighted by atomic mass is 10.1. The number of nitrogens with zero attached hydrogens (tertiary/aromatic N) is 1. The van der Waals surface area contributed by atoms with Crippen molar-refractivity contribution in [2.45, 2.75) is 5.33 Å². The minimum Gasteiger partial charge on any atom is -0.497 e. The van der Waals surface area contributed by atoms with E-state index in [2.05, 4.69) is 20.9 Å². The topological polar surface area (TPSA) is 44.5 Å². The second kappa shape index (κ2) is 6.87. The molecule has 0 N–H and O–H groups in total. The fraction of sp³-hybridized carbons (Fsp3) is 0.167. The lowest BCUT2D eigenvalue weighted by Gasteiger charge is -2.04. The zero-order valence-corrected chi connectivity index (χ0v) is 14.5. The molecule has 0 aliphatic carbocycles. The van der Waals surface area contributed by atoms with Crippen molar-refractivity contribution in [2.24, 2.45) is 0 Å². The Labute approximate surface area is 143 Å². The summed E-state index contributed by atoms with van der Waals surface area (Å²) in [6.45, 7) is 0. The summed E-state index contributed by atoms with van der Waals surface area (Å²) in [4.78, 5) is 4.59. The molecule has 1 aromatic heterocycles. The largest absolute Gasteiger partial charge is 0.497 e. The molecule has 0 unspecified atom stereocenters. The molecule has 0 spiro atoms. The first-order chi connectivity index (χ1) is 11.2. The number of rotatable bonds is 5. The zero-order chi connectivity index (χ0) is 16.2. The summed E-state index contributed by atoms with van der Waals surface area (Å²) in [6, 6.07) is 15.5. The minimum atomic E-state index is 0.562. The Bertz CT molecular complexity index is 714. The van der Waals surface area contributed by atoms with Crippen molar-refractivity contribution in [3.63, 3.8) is 0 Å². The van der Waals surface area contributed by atoms with Gasteiger partial charge in [0.05, 0.1) is 19.5 Å². The Balaban J connectivity index is 2.06. The van der Waals surface area contributed by atoms with E-state index < -0.39 is 0 Å². The first-order valence-corrected chi connectivity index (χ1v) is 8.22. The van der Waals surface area contributed by atoms with Crippen molar-refractivity contribution in [3.8, 4) is 34.1 Å². The van der Waals surface area contributed by atoms with Crippen molar-refractivity contribution in [3.05, 3.63) is 54.4 Å². The van der Waals surface area contributed by atoms with Gasteiger partial charge in [-0.25, -0.2) is 4.98 Å². The number of alkyl halides is 1. The third-order valence-electron chi connectivity index (χ3n) is 3.50. The molecule has 3 aromatic rings.